The van der Waals surface area contributed by atoms with Crippen LogP contribution in [0, 0.1) is 6.92 Å². The average molecular weight is 437 g/mol. The molecule has 1 unspecified atom stereocenters. The van der Waals surface area contributed by atoms with Gasteiger partial charge in [0.15, 0.2) is 28.8 Å². The molecule has 0 radical (unpaired) electrons. The quantitative estimate of drug-likeness (QED) is 0.579. The van der Waals surface area contributed by atoms with E-state index in [1.54, 1.807) is 42.3 Å². The van der Waals surface area contributed by atoms with Crippen molar-refractivity contribution in [1.82, 2.24) is 0 Å². The molecule has 6 nitrogen and oxygen atoms in total. The van der Waals surface area contributed by atoms with Crippen molar-refractivity contribution < 1.29 is 28.8 Å². The van der Waals surface area contributed by atoms with Crippen LogP contribution in [0.5, 0.6) is 23.0 Å². The lowest BCUT2D eigenvalue weighted by atomic mass is 9.72. The van der Waals surface area contributed by atoms with Crippen molar-refractivity contribution in [2.45, 2.75) is 32.8 Å². The topological polar surface area (TPSA) is 74.2 Å². The predicted molar refractivity (Wildman–Crippen MR) is 124 cm³/mol. The molecule has 0 heterocycles. The molecule has 0 saturated heterocycles. The first kappa shape index (κ1) is 22.0. The highest BCUT2D eigenvalue weighted by Crippen LogP contribution is 2.51. The molecule has 3 aromatic rings. The Morgan fingerprint density at radius 2 is 1.38 bits per heavy atom. The normalized spacial score (nSPS) is 16.9. The van der Waals surface area contributed by atoms with E-state index in [1.165, 1.54) is 0 Å². The number of carbonyl (C=O) groups is 1. The molecule has 0 aromatic heterocycles. The maximum absolute atomic E-state index is 12.8. The van der Waals surface area contributed by atoms with E-state index in [2.05, 4.69) is 0 Å². The molecule has 1 aliphatic rings. The van der Waals surface area contributed by atoms with Gasteiger partial charge >= 0.3 is 0 Å². The fourth-order valence-corrected chi connectivity index (χ4v) is 5.00. The van der Waals surface area contributed by atoms with Crippen molar-refractivity contribution in [3.05, 3.63) is 46.5 Å². The number of carbonyl (C=O) groups excluding carboxylic acids is 1. The maximum atomic E-state index is 12.8. The van der Waals surface area contributed by atoms with Gasteiger partial charge in [-0.15, -0.1) is 0 Å². The Labute approximate surface area is 187 Å². The second-order valence-electron chi connectivity index (χ2n) is 8.37. The molecule has 4 rings (SSSR count). The molecule has 0 bridgehead atoms. The van der Waals surface area contributed by atoms with Crippen molar-refractivity contribution in [3.8, 4) is 34.1 Å². The van der Waals surface area contributed by atoms with Crippen LogP contribution >= 0.6 is 0 Å². The van der Waals surface area contributed by atoms with Gasteiger partial charge in [0.1, 0.15) is 0 Å². The minimum atomic E-state index is -1.15. The van der Waals surface area contributed by atoms with Gasteiger partial charge in [-0.2, -0.15) is 0 Å². The van der Waals surface area contributed by atoms with E-state index in [9.17, 15) is 9.90 Å². The van der Waals surface area contributed by atoms with Crippen molar-refractivity contribution in [1.29, 1.82) is 0 Å². The zero-order valence-corrected chi connectivity index (χ0v) is 19.5. The number of fused-ring (bicyclic) bond motifs is 5. The van der Waals surface area contributed by atoms with Crippen LogP contribution < -0.4 is 18.9 Å². The molecule has 0 fully saturated rings. The Balaban J connectivity index is 2.21. The van der Waals surface area contributed by atoms with Crippen LogP contribution in [0.2, 0.25) is 0 Å². The summed E-state index contributed by atoms with van der Waals surface area (Å²) >= 11 is 0. The highest BCUT2D eigenvalue weighted by Gasteiger charge is 2.37. The van der Waals surface area contributed by atoms with Gasteiger partial charge in [-0.1, -0.05) is 0 Å². The standard InChI is InChI=1S/C26H28O6/c1-13-24(14(2)27)16-9-21(30-5)20(29-4)8-15(16)18-12-26(3,28)19-11-23(32-7)22(31-6)10-17(19)25(13)18/h8-11,28H,12H2,1-7H3. The molecule has 0 amide bonds. The molecular weight excluding hydrogens is 408 g/mol. The van der Waals surface area contributed by atoms with E-state index in [4.69, 9.17) is 18.9 Å². The lowest BCUT2D eigenvalue weighted by molar-refractivity contribution is 0.0566. The van der Waals surface area contributed by atoms with Crippen LogP contribution in [-0.4, -0.2) is 39.3 Å². The zero-order valence-electron chi connectivity index (χ0n) is 19.5. The Morgan fingerprint density at radius 3 is 1.91 bits per heavy atom. The summed E-state index contributed by atoms with van der Waals surface area (Å²) in [6.07, 6.45) is 0.371. The fraction of sp³-hybridized carbons (Fsp3) is 0.346. The third kappa shape index (κ3) is 3.09. The molecule has 6 heteroatoms. The number of methoxy groups -OCH3 is 4. The zero-order chi connectivity index (χ0) is 23.4. The monoisotopic (exact) mass is 436 g/mol. The number of aliphatic hydroxyl groups is 1. The Bertz CT molecular complexity index is 1260. The highest BCUT2D eigenvalue weighted by atomic mass is 16.5. The lowest BCUT2D eigenvalue weighted by Crippen LogP contribution is -2.29. The molecule has 1 aliphatic carbocycles. The van der Waals surface area contributed by atoms with Crippen molar-refractivity contribution in [3.63, 3.8) is 0 Å². The van der Waals surface area contributed by atoms with Gasteiger partial charge in [-0.25, -0.2) is 0 Å². The summed E-state index contributed by atoms with van der Waals surface area (Å²) in [5.41, 5.74) is 3.78. The second kappa shape index (κ2) is 7.71. The first-order valence-electron chi connectivity index (χ1n) is 10.4. The van der Waals surface area contributed by atoms with Gasteiger partial charge in [0.2, 0.25) is 0 Å². The van der Waals surface area contributed by atoms with Crippen LogP contribution in [0.3, 0.4) is 0 Å². The second-order valence-corrected chi connectivity index (χ2v) is 8.37. The van der Waals surface area contributed by atoms with Crippen LogP contribution in [0.1, 0.15) is 40.9 Å². The first-order chi connectivity index (χ1) is 15.2. The van der Waals surface area contributed by atoms with Crippen LogP contribution in [0.4, 0.5) is 0 Å². The van der Waals surface area contributed by atoms with E-state index < -0.39 is 5.60 Å². The SMILES string of the molecule is COc1cc2c(cc1OC)C(C)(O)Cc1c-2c(C)c(C(C)=O)c2cc(OC)c(OC)cc12. The van der Waals surface area contributed by atoms with Gasteiger partial charge in [-0.3, -0.25) is 4.79 Å². The molecular formula is C26H28O6. The lowest BCUT2D eigenvalue weighted by Gasteiger charge is -2.36. The average Bonchev–Trinajstić information content (AvgIpc) is 2.76. The largest absolute Gasteiger partial charge is 0.493 e. The van der Waals surface area contributed by atoms with Gasteiger partial charge in [0.05, 0.1) is 34.0 Å². The number of ether oxygens (including phenoxy) is 4. The molecule has 1 N–H and O–H groups in total. The first-order valence-corrected chi connectivity index (χ1v) is 10.4. The third-order valence-electron chi connectivity index (χ3n) is 6.42. The van der Waals surface area contributed by atoms with Gasteiger partial charge in [-0.05, 0) is 83.6 Å². The van der Waals surface area contributed by atoms with E-state index in [0.29, 0.717) is 35.0 Å². The van der Waals surface area contributed by atoms with Crippen molar-refractivity contribution in [2.75, 3.05) is 28.4 Å². The van der Waals surface area contributed by atoms with Gasteiger partial charge in [0.25, 0.3) is 0 Å². The van der Waals surface area contributed by atoms with E-state index in [1.807, 2.05) is 31.2 Å². The van der Waals surface area contributed by atoms with Crippen molar-refractivity contribution in [2.24, 2.45) is 0 Å². The molecule has 32 heavy (non-hydrogen) atoms. The summed E-state index contributed by atoms with van der Waals surface area (Å²) in [7, 11) is 6.31. The molecule has 0 saturated carbocycles. The number of Topliss-reactive ketones (excluding diaryl/α,β-unsaturated/α-hetero) is 1. The van der Waals surface area contributed by atoms with Crippen LogP contribution in [0.15, 0.2) is 24.3 Å². The predicted octanol–water partition coefficient (Wildman–Crippen LogP) is 4.82. The smallest absolute Gasteiger partial charge is 0.161 e. The molecule has 0 aliphatic heterocycles. The summed E-state index contributed by atoms with van der Waals surface area (Å²) in [6.45, 7) is 5.31. The van der Waals surface area contributed by atoms with E-state index >= 15 is 0 Å². The number of hydrogen-bond acceptors (Lipinski definition) is 6. The van der Waals surface area contributed by atoms with E-state index in [0.717, 1.165) is 38.6 Å². The number of ketones is 1. The van der Waals surface area contributed by atoms with Gasteiger partial charge in [0, 0.05) is 12.0 Å². The number of hydrogen-bond donors (Lipinski definition) is 1. The van der Waals surface area contributed by atoms with Crippen LogP contribution in [-0.2, 0) is 12.0 Å². The minimum Gasteiger partial charge on any atom is -0.493 e. The number of rotatable bonds is 5. The summed E-state index contributed by atoms with van der Waals surface area (Å²) in [4.78, 5) is 12.8. The van der Waals surface area contributed by atoms with Gasteiger partial charge < -0.3 is 24.1 Å². The Kier molecular flexibility index (Phi) is 5.29. The molecule has 168 valence electrons. The Morgan fingerprint density at radius 1 is 0.875 bits per heavy atom. The Hall–Kier alpha value is -3.25. The summed E-state index contributed by atoms with van der Waals surface area (Å²) in [5, 5.41) is 13.1. The third-order valence-corrected chi connectivity index (χ3v) is 6.42. The van der Waals surface area contributed by atoms with Crippen molar-refractivity contribution >= 4 is 16.6 Å². The minimum absolute atomic E-state index is 0.0399. The fourth-order valence-electron chi connectivity index (χ4n) is 5.00. The van der Waals surface area contributed by atoms with Crippen LogP contribution in [0.25, 0.3) is 21.9 Å². The molecule has 1 atom stereocenters. The summed E-state index contributed by atoms with van der Waals surface area (Å²) in [6, 6.07) is 7.44. The molecule has 0 spiro atoms. The van der Waals surface area contributed by atoms with E-state index in [-0.39, 0.29) is 5.78 Å². The number of benzene rings is 3. The highest BCUT2D eigenvalue weighted by molar-refractivity contribution is 6.13. The maximum Gasteiger partial charge on any atom is 0.161 e. The summed E-state index contributed by atoms with van der Waals surface area (Å²) < 4.78 is 22.1. The summed E-state index contributed by atoms with van der Waals surface area (Å²) in [5.74, 6) is 2.19. The molecule has 3 aromatic carbocycles.